The van der Waals surface area contributed by atoms with Gasteiger partial charge >= 0.3 is 0 Å². The minimum atomic E-state index is -2.78. The molecular formula is C7H14Cl4N3P3. The summed E-state index contributed by atoms with van der Waals surface area (Å²) in [5.41, 5.74) is 0. The monoisotopic (exact) mass is 373 g/mol. The maximum Gasteiger partial charge on any atom is 0.255 e. The normalized spacial score (nSPS) is 30.1. The molecule has 0 aliphatic carbocycles. The molecule has 0 saturated carbocycles. The fourth-order valence-electron chi connectivity index (χ4n) is 1.60. The van der Waals surface area contributed by atoms with Crippen LogP contribution in [0.4, 0.5) is 0 Å². The average molecular weight is 375 g/mol. The van der Waals surface area contributed by atoms with Gasteiger partial charge in [0.1, 0.15) is 0 Å². The summed E-state index contributed by atoms with van der Waals surface area (Å²) in [7, 11) is -2.08. The van der Waals surface area contributed by atoms with Crippen LogP contribution in [0.5, 0.6) is 0 Å². The second kappa shape index (κ2) is 5.92. The number of hydrogen-bond acceptors (Lipinski definition) is 3. The molecule has 3 nitrogen and oxygen atoms in total. The summed E-state index contributed by atoms with van der Waals surface area (Å²) in [6, 6.07) is 0. The van der Waals surface area contributed by atoms with Crippen molar-refractivity contribution >= 4 is 64.0 Å². The summed E-state index contributed by atoms with van der Waals surface area (Å²) in [5, 5.41) is 0. The molecule has 1 heterocycles. The van der Waals surface area contributed by atoms with E-state index in [-0.39, 0.29) is 0 Å². The summed E-state index contributed by atoms with van der Waals surface area (Å²) in [6.07, 6.45) is 3.19. The lowest BCUT2D eigenvalue weighted by Crippen LogP contribution is -1.99. The number of rotatable bonds is 4. The van der Waals surface area contributed by atoms with Crippen molar-refractivity contribution in [3.05, 3.63) is 12.7 Å². The Morgan fingerprint density at radius 2 is 1.59 bits per heavy atom. The van der Waals surface area contributed by atoms with E-state index < -0.39 is 19.0 Å². The summed E-state index contributed by atoms with van der Waals surface area (Å²) in [5.74, 6) is -5.14. The van der Waals surface area contributed by atoms with Gasteiger partial charge in [-0.25, -0.2) is 9.03 Å². The van der Waals surface area contributed by atoms with Gasteiger partial charge in [-0.15, -0.1) is 6.58 Å². The highest BCUT2D eigenvalue weighted by molar-refractivity contribution is 8.21. The minimum Gasteiger partial charge on any atom is -0.213 e. The van der Waals surface area contributed by atoms with Crippen LogP contribution >= 0.6 is 64.0 Å². The van der Waals surface area contributed by atoms with Crippen LogP contribution in [0.3, 0.4) is 0 Å². The van der Waals surface area contributed by atoms with E-state index in [4.69, 9.17) is 45.0 Å². The largest absolute Gasteiger partial charge is 0.255 e. The highest BCUT2D eigenvalue weighted by Gasteiger charge is 2.32. The number of halogens is 4. The zero-order valence-electron chi connectivity index (χ0n) is 9.47. The van der Waals surface area contributed by atoms with E-state index in [0.29, 0.717) is 12.1 Å². The van der Waals surface area contributed by atoms with Gasteiger partial charge in [-0.1, -0.05) is 19.9 Å². The van der Waals surface area contributed by atoms with Crippen LogP contribution in [0.25, 0.3) is 0 Å². The molecule has 0 spiro atoms. The Bertz CT molecular complexity index is 465. The van der Waals surface area contributed by atoms with Crippen molar-refractivity contribution in [1.29, 1.82) is 0 Å². The van der Waals surface area contributed by atoms with Crippen molar-refractivity contribution in [3.8, 4) is 0 Å². The van der Waals surface area contributed by atoms with E-state index in [1.165, 1.54) is 0 Å². The molecule has 1 aliphatic rings. The van der Waals surface area contributed by atoms with Crippen molar-refractivity contribution in [3.63, 3.8) is 0 Å². The first-order valence-corrected chi connectivity index (χ1v) is 14.0. The van der Waals surface area contributed by atoms with Crippen molar-refractivity contribution in [2.45, 2.75) is 13.8 Å². The third-order valence-electron chi connectivity index (χ3n) is 1.84. The molecule has 17 heavy (non-hydrogen) atoms. The van der Waals surface area contributed by atoms with Crippen LogP contribution in [0.1, 0.15) is 13.8 Å². The van der Waals surface area contributed by atoms with E-state index in [9.17, 15) is 0 Å². The lowest BCUT2D eigenvalue weighted by molar-refractivity contribution is 0.742. The summed E-state index contributed by atoms with van der Waals surface area (Å²) >= 11 is 24.4. The van der Waals surface area contributed by atoms with Crippen LogP contribution in [0, 0.1) is 5.92 Å². The Labute approximate surface area is 122 Å². The molecule has 0 N–H and O–H groups in total. The Morgan fingerprint density at radius 1 is 1.06 bits per heavy atom. The van der Waals surface area contributed by atoms with E-state index in [2.05, 4.69) is 34.0 Å². The molecule has 0 aromatic rings. The molecule has 0 aromatic carbocycles. The second-order valence-electron chi connectivity index (χ2n) is 4.11. The van der Waals surface area contributed by atoms with Crippen LogP contribution in [-0.4, -0.2) is 12.3 Å². The molecule has 1 aliphatic heterocycles. The zero-order valence-corrected chi connectivity index (χ0v) is 15.2. The van der Waals surface area contributed by atoms with Gasteiger partial charge in [0.15, 0.2) is 0 Å². The topological polar surface area (TPSA) is 37.1 Å². The molecule has 0 bridgehead atoms. The highest BCUT2D eigenvalue weighted by atomic mass is 35.9. The Kier molecular flexibility index (Phi) is 5.80. The van der Waals surface area contributed by atoms with E-state index in [0.717, 1.165) is 6.16 Å². The van der Waals surface area contributed by atoms with Crippen LogP contribution in [0.15, 0.2) is 26.2 Å². The number of allylic oxidation sites excluding steroid dienone is 1. The molecule has 10 heteroatoms. The first kappa shape index (κ1) is 16.6. The van der Waals surface area contributed by atoms with Gasteiger partial charge in [0, 0.05) is 12.3 Å². The molecule has 1 rings (SSSR count). The van der Waals surface area contributed by atoms with Crippen molar-refractivity contribution < 1.29 is 0 Å². The first-order chi connectivity index (χ1) is 7.60. The van der Waals surface area contributed by atoms with Crippen LogP contribution < -0.4 is 0 Å². The third kappa shape index (κ3) is 5.23. The highest BCUT2D eigenvalue weighted by Crippen LogP contribution is 2.85. The predicted octanol–water partition coefficient (Wildman–Crippen LogP) is 7.81. The third-order valence-corrected chi connectivity index (χ3v) is 15.0. The maximum atomic E-state index is 6.10. The molecule has 1 atom stereocenters. The SMILES string of the molecule is C=CCP1(CC(C)C)=NP(Cl)(Cl)=NP(Cl)(Cl)=N1. The van der Waals surface area contributed by atoms with Gasteiger partial charge in [0.05, 0.1) is 7.21 Å². The predicted molar refractivity (Wildman–Crippen MR) is 86.2 cm³/mol. The summed E-state index contributed by atoms with van der Waals surface area (Å²) in [4.78, 5) is 0. The van der Waals surface area contributed by atoms with Crippen molar-refractivity contribution in [2.75, 3.05) is 12.3 Å². The molecule has 0 radical (unpaired) electrons. The van der Waals surface area contributed by atoms with Crippen LogP contribution in [0.2, 0.25) is 0 Å². The Morgan fingerprint density at radius 3 is 2.00 bits per heavy atom. The van der Waals surface area contributed by atoms with E-state index in [1.807, 2.05) is 0 Å². The zero-order chi connectivity index (χ0) is 13.3. The summed E-state index contributed by atoms with van der Waals surface area (Å²) in [6.45, 7) is 7.91. The molecule has 0 fully saturated rings. The quantitative estimate of drug-likeness (QED) is 0.355. The van der Waals surface area contributed by atoms with E-state index in [1.54, 1.807) is 6.08 Å². The lowest BCUT2D eigenvalue weighted by Gasteiger charge is -2.27. The molecule has 0 amide bonds. The smallest absolute Gasteiger partial charge is 0.213 e. The Balaban J connectivity index is 3.42. The fraction of sp³-hybridized carbons (Fsp3) is 0.714. The summed E-state index contributed by atoms with van der Waals surface area (Å²) < 4.78 is 12.9. The molecule has 0 saturated heterocycles. The fourth-order valence-corrected chi connectivity index (χ4v) is 19.4. The van der Waals surface area contributed by atoms with Gasteiger partial charge < -0.3 is 0 Å². The van der Waals surface area contributed by atoms with Crippen molar-refractivity contribution in [1.82, 2.24) is 0 Å². The molecule has 1 unspecified atom stereocenters. The Hall–Kier alpha value is 1.59. The average Bonchev–Trinajstić information content (AvgIpc) is 1.93. The number of nitrogens with zero attached hydrogens (tertiary/aromatic N) is 3. The van der Waals surface area contributed by atoms with Gasteiger partial charge in [-0.3, -0.25) is 0 Å². The van der Waals surface area contributed by atoms with Gasteiger partial charge in [0.25, 0.3) is 11.8 Å². The van der Waals surface area contributed by atoms with Crippen LogP contribution in [-0.2, 0) is 0 Å². The standard InChI is InChI=1S/C7H14Cl4N3P3/c1-4-5-15(6-7(2)3)12-16(8,9)14-17(10,11)13-15/h4,7H,1,5-6H2,2-3H3. The molecule has 0 aromatic heterocycles. The van der Waals surface area contributed by atoms with Gasteiger partial charge in [-0.2, -0.15) is 4.52 Å². The molecule has 100 valence electrons. The van der Waals surface area contributed by atoms with Gasteiger partial charge in [-0.05, 0) is 50.9 Å². The maximum absolute atomic E-state index is 6.10. The second-order valence-corrected chi connectivity index (χ2v) is 17.3. The lowest BCUT2D eigenvalue weighted by atomic mass is 10.3. The van der Waals surface area contributed by atoms with E-state index >= 15 is 0 Å². The van der Waals surface area contributed by atoms with Crippen molar-refractivity contribution in [2.24, 2.45) is 19.5 Å². The minimum absolute atomic E-state index is 0.413. The van der Waals surface area contributed by atoms with Gasteiger partial charge in [0.2, 0.25) is 0 Å². The first-order valence-electron chi connectivity index (χ1n) is 4.89. The molecular weight excluding hydrogens is 361 g/mol. The number of hydrogen-bond donors (Lipinski definition) is 0.